The highest BCUT2D eigenvalue weighted by Gasteiger charge is 2.00. The highest BCUT2D eigenvalue weighted by molar-refractivity contribution is 4.45. The smallest absolute Gasteiger partial charge is 0.0259 e. The van der Waals surface area contributed by atoms with Crippen LogP contribution in [0.25, 0.3) is 0 Å². The van der Waals surface area contributed by atoms with Gasteiger partial charge in [-0.25, -0.2) is 4.94 Å². The van der Waals surface area contributed by atoms with Crippen molar-refractivity contribution in [1.29, 1.82) is 0 Å². The van der Waals surface area contributed by atoms with Gasteiger partial charge >= 0.3 is 0 Å². The second kappa shape index (κ2) is 7.98. The molecule has 68 valence electrons. The summed E-state index contributed by atoms with van der Waals surface area (Å²) in [6.07, 6.45) is 4.68. The van der Waals surface area contributed by atoms with Gasteiger partial charge in [-0.2, -0.15) is 11.0 Å². The lowest BCUT2D eigenvalue weighted by molar-refractivity contribution is -0.164. The first-order chi connectivity index (χ1) is 5.35. The second-order valence-electron chi connectivity index (χ2n) is 2.74. The summed E-state index contributed by atoms with van der Waals surface area (Å²) < 4.78 is 0. The number of hydrogen-bond acceptors (Lipinski definition) is 3. The third kappa shape index (κ3) is 6.28. The van der Waals surface area contributed by atoms with Crippen molar-refractivity contribution < 1.29 is 4.94 Å². The average molecular weight is 160 g/mol. The summed E-state index contributed by atoms with van der Waals surface area (Å²) in [6.45, 7) is 6.23. The van der Waals surface area contributed by atoms with Crippen molar-refractivity contribution in [1.82, 2.24) is 5.06 Å². The van der Waals surface area contributed by atoms with E-state index >= 15 is 0 Å². The van der Waals surface area contributed by atoms with E-state index in [0.29, 0.717) is 0 Å². The zero-order valence-electron chi connectivity index (χ0n) is 7.68. The molecule has 0 aliphatic carbocycles. The number of nitrogens with zero attached hydrogens (tertiary/aromatic N) is 1. The topological polar surface area (TPSA) is 38.5 Å². The van der Waals surface area contributed by atoms with Gasteiger partial charge in [0, 0.05) is 13.1 Å². The Hall–Kier alpha value is -0.120. The molecular weight excluding hydrogens is 140 g/mol. The van der Waals surface area contributed by atoms with Crippen molar-refractivity contribution >= 4 is 0 Å². The van der Waals surface area contributed by atoms with Crippen LogP contribution in [-0.4, -0.2) is 18.2 Å². The maximum absolute atomic E-state index is 5.08. The van der Waals surface area contributed by atoms with Crippen molar-refractivity contribution in [2.24, 2.45) is 5.90 Å². The molecule has 0 rings (SSSR count). The van der Waals surface area contributed by atoms with Gasteiger partial charge in [-0.05, 0) is 12.8 Å². The van der Waals surface area contributed by atoms with Gasteiger partial charge in [-0.1, -0.05) is 26.7 Å². The van der Waals surface area contributed by atoms with Crippen LogP contribution in [0.4, 0.5) is 0 Å². The number of nitrogens with two attached hydrogens (primary N) is 1. The van der Waals surface area contributed by atoms with Crippen molar-refractivity contribution in [3.63, 3.8) is 0 Å². The Bertz CT molecular complexity index is 70.5. The van der Waals surface area contributed by atoms with E-state index in [2.05, 4.69) is 18.8 Å². The predicted octanol–water partition coefficient (Wildman–Crippen LogP) is 1.69. The number of hydrogen-bond donors (Lipinski definition) is 1. The molecule has 0 aromatic carbocycles. The highest BCUT2D eigenvalue weighted by atomic mass is 16.8. The fourth-order valence-electron chi connectivity index (χ4n) is 0.886. The van der Waals surface area contributed by atoms with E-state index in [4.69, 9.17) is 5.90 Å². The van der Waals surface area contributed by atoms with Crippen LogP contribution < -0.4 is 5.90 Å². The summed E-state index contributed by atoms with van der Waals surface area (Å²) >= 11 is 0. The summed E-state index contributed by atoms with van der Waals surface area (Å²) in [5.41, 5.74) is 0. The molecule has 0 atom stereocenters. The first-order valence-electron chi connectivity index (χ1n) is 4.46. The minimum absolute atomic E-state index is 0.951. The van der Waals surface area contributed by atoms with E-state index in [9.17, 15) is 0 Å². The van der Waals surface area contributed by atoms with Gasteiger partial charge in [0.15, 0.2) is 0 Å². The van der Waals surface area contributed by atoms with Gasteiger partial charge in [-0.3, -0.25) is 0 Å². The van der Waals surface area contributed by atoms with Crippen molar-refractivity contribution in [3.8, 4) is 0 Å². The van der Waals surface area contributed by atoms with Gasteiger partial charge in [0.2, 0.25) is 0 Å². The molecule has 3 heteroatoms. The van der Waals surface area contributed by atoms with Crippen LogP contribution in [0.5, 0.6) is 0 Å². The summed E-state index contributed by atoms with van der Waals surface area (Å²) in [5.74, 6) is 5.08. The molecule has 0 radical (unpaired) electrons. The Kier molecular flexibility index (Phi) is 7.89. The second-order valence-corrected chi connectivity index (χ2v) is 2.74. The molecule has 0 amide bonds. The Balaban J connectivity index is 3.25. The lowest BCUT2D eigenvalue weighted by atomic mass is 10.3. The van der Waals surface area contributed by atoms with Crippen LogP contribution in [0, 0.1) is 0 Å². The molecule has 0 heterocycles. The number of rotatable bonds is 7. The third-order valence-corrected chi connectivity index (χ3v) is 1.67. The largest absolute Gasteiger partial charge is 0.214 e. The quantitative estimate of drug-likeness (QED) is 0.576. The zero-order chi connectivity index (χ0) is 8.53. The van der Waals surface area contributed by atoms with E-state index < -0.39 is 0 Å². The van der Waals surface area contributed by atoms with E-state index in [1.165, 1.54) is 12.8 Å². The summed E-state index contributed by atoms with van der Waals surface area (Å²) in [5, 5.41) is 1.83. The van der Waals surface area contributed by atoms with Crippen molar-refractivity contribution in [2.45, 2.75) is 39.5 Å². The molecule has 0 aromatic heterocycles. The monoisotopic (exact) mass is 160 g/mol. The molecule has 0 unspecified atom stereocenters. The summed E-state index contributed by atoms with van der Waals surface area (Å²) in [4.78, 5) is 4.69. The van der Waals surface area contributed by atoms with Gasteiger partial charge < -0.3 is 0 Å². The third-order valence-electron chi connectivity index (χ3n) is 1.67. The number of unbranched alkanes of at least 4 members (excludes halogenated alkanes) is 2. The lowest BCUT2D eigenvalue weighted by Crippen LogP contribution is -2.29. The molecule has 3 nitrogen and oxygen atoms in total. The van der Waals surface area contributed by atoms with Gasteiger partial charge in [0.25, 0.3) is 0 Å². The lowest BCUT2D eigenvalue weighted by Gasteiger charge is -2.17. The fourth-order valence-corrected chi connectivity index (χ4v) is 0.886. The highest BCUT2D eigenvalue weighted by Crippen LogP contribution is 1.97. The van der Waals surface area contributed by atoms with Crippen LogP contribution in [0.3, 0.4) is 0 Å². The van der Waals surface area contributed by atoms with Gasteiger partial charge in [0.05, 0.1) is 0 Å². The van der Waals surface area contributed by atoms with Crippen LogP contribution in [0.1, 0.15) is 39.5 Å². The maximum Gasteiger partial charge on any atom is 0.0259 e. The molecular formula is C8H20N2O. The minimum atomic E-state index is 0.951. The molecule has 0 spiro atoms. The maximum atomic E-state index is 5.08. The molecule has 0 fully saturated rings. The molecule has 11 heavy (non-hydrogen) atoms. The zero-order valence-corrected chi connectivity index (χ0v) is 7.68. The van der Waals surface area contributed by atoms with E-state index in [-0.39, 0.29) is 0 Å². The Morgan fingerprint density at radius 3 is 1.82 bits per heavy atom. The van der Waals surface area contributed by atoms with E-state index in [1.54, 1.807) is 0 Å². The molecule has 0 aromatic rings. The van der Waals surface area contributed by atoms with Crippen molar-refractivity contribution in [3.05, 3.63) is 0 Å². The predicted molar refractivity (Wildman–Crippen MR) is 46.7 cm³/mol. The summed E-state index contributed by atoms with van der Waals surface area (Å²) in [6, 6.07) is 0. The first kappa shape index (κ1) is 10.9. The molecule has 0 bridgehead atoms. The summed E-state index contributed by atoms with van der Waals surface area (Å²) in [7, 11) is 0. The first-order valence-corrected chi connectivity index (χ1v) is 4.46. The van der Waals surface area contributed by atoms with Gasteiger partial charge in [0.1, 0.15) is 0 Å². The van der Waals surface area contributed by atoms with Crippen molar-refractivity contribution in [2.75, 3.05) is 13.1 Å². The minimum Gasteiger partial charge on any atom is -0.214 e. The van der Waals surface area contributed by atoms with Crippen LogP contribution in [0.15, 0.2) is 0 Å². The molecule has 0 saturated heterocycles. The van der Waals surface area contributed by atoms with E-state index in [1.807, 2.05) is 5.06 Å². The molecule has 0 aliphatic rings. The van der Waals surface area contributed by atoms with E-state index in [0.717, 1.165) is 25.9 Å². The van der Waals surface area contributed by atoms with Gasteiger partial charge in [-0.15, -0.1) is 0 Å². The fraction of sp³-hybridized carbons (Fsp3) is 1.00. The van der Waals surface area contributed by atoms with Crippen LogP contribution >= 0.6 is 0 Å². The SMILES string of the molecule is CCCCN(CCCC)ON. The Labute approximate surface area is 69.4 Å². The molecule has 2 N–H and O–H groups in total. The van der Waals surface area contributed by atoms with Crippen LogP contribution in [0.2, 0.25) is 0 Å². The normalized spacial score (nSPS) is 10.9. The molecule has 0 saturated carbocycles. The Morgan fingerprint density at radius 1 is 1.09 bits per heavy atom. The number of hydroxylamine groups is 2. The average Bonchev–Trinajstić information content (AvgIpc) is 2.05. The standard InChI is InChI=1S/C8H20N2O/c1-3-5-7-10(11-9)8-6-4-2/h3-9H2,1-2H3. The van der Waals surface area contributed by atoms with Crippen LogP contribution in [-0.2, 0) is 4.94 Å². The molecule has 0 aliphatic heterocycles. The Morgan fingerprint density at radius 2 is 1.55 bits per heavy atom.